The van der Waals surface area contributed by atoms with Gasteiger partial charge in [0.1, 0.15) is 0 Å². The molecule has 3 atom stereocenters. The van der Waals surface area contributed by atoms with E-state index in [2.05, 4.69) is 19.2 Å². The van der Waals surface area contributed by atoms with E-state index >= 15 is 0 Å². The fraction of sp³-hybridized carbons (Fsp3) is 0.533. The van der Waals surface area contributed by atoms with E-state index in [1.54, 1.807) is 18.2 Å². The van der Waals surface area contributed by atoms with Gasteiger partial charge in [-0.2, -0.15) is 0 Å². The molecule has 1 aromatic rings. The predicted octanol–water partition coefficient (Wildman–Crippen LogP) is 2.41. The minimum atomic E-state index is -0.0780. The molecule has 0 radical (unpaired) electrons. The first kappa shape index (κ1) is 13.7. The van der Waals surface area contributed by atoms with Gasteiger partial charge in [0.2, 0.25) is 0 Å². The summed E-state index contributed by atoms with van der Waals surface area (Å²) in [6.07, 6.45) is 3.27. The van der Waals surface area contributed by atoms with Gasteiger partial charge in [-0.05, 0) is 49.3 Å². The summed E-state index contributed by atoms with van der Waals surface area (Å²) in [5.41, 5.74) is 13.0. The van der Waals surface area contributed by atoms with Gasteiger partial charge < -0.3 is 16.8 Å². The third kappa shape index (κ3) is 3.40. The Morgan fingerprint density at radius 2 is 1.74 bits per heavy atom. The molecule has 4 heteroatoms. The molecule has 0 bridgehead atoms. The summed E-state index contributed by atoms with van der Waals surface area (Å²) in [6, 6.07) is 5.25. The summed E-state index contributed by atoms with van der Waals surface area (Å²) >= 11 is 0. The molecule has 2 rings (SSSR count). The summed E-state index contributed by atoms with van der Waals surface area (Å²) in [4.78, 5) is 12.2. The van der Waals surface area contributed by atoms with E-state index in [9.17, 15) is 4.79 Å². The van der Waals surface area contributed by atoms with E-state index in [1.807, 2.05) is 0 Å². The Hall–Kier alpha value is -1.71. The lowest BCUT2D eigenvalue weighted by Crippen LogP contribution is -2.39. The van der Waals surface area contributed by atoms with Crippen LogP contribution in [0.2, 0.25) is 0 Å². The van der Waals surface area contributed by atoms with E-state index in [0.717, 1.165) is 18.8 Å². The normalized spacial score (nSPS) is 26.9. The van der Waals surface area contributed by atoms with Crippen LogP contribution in [0.3, 0.4) is 0 Å². The maximum Gasteiger partial charge on any atom is 0.251 e. The zero-order valence-electron chi connectivity index (χ0n) is 11.6. The molecule has 0 spiro atoms. The summed E-state index contributed by atoms with van der Waals surface area (Å²) in [7, 11) is 0. The van der Waals surface area contributed by atoms with E-state index < -0.39 is 0 Å². The van der Waals surface area contributed by atoms with E-state index in [0.29, 0.717) is 22.9 Å². The SMILES string of the molecule is CC1CCC(NC(=O)c2cc(N)cc(N)c2)CC1C. The third-order valence-electron chi connectivity index (χ3n) is 4.17. The largest absolute Gasteiger partial charge is 0.399 e. The first-order valence-corrected chi connectivity index (χ1v) is 6.92. The van der Waals surface area contributed by atoms with Crippen molar-refractivity contribution in [2.24, 2.45) is 11.8 Å². The molecule has 5 N–H and O–H groups in total. The van der Waals surface area contributed by atoms with Crippen LogP contribution in [0, 0.1) is 11.8 Å². The van der Waals surface area contributed by atoms with Gasteiger partial charge in [0.25, 0.3) is 5.91 Å². The summed E-state index contributed by atoms with van der Waals surface area (Å²) in [5.74, 6) is 1.33. The second-order valence-electron chi connectivity index (χ2n) is 5.83. The first-order valence-electron chi connectivity index (χ1n) is 6.92. The van der Waals surface area contributed by atoms with Gasteiger partial charge in [-0.3, -0.25) is 4.79 Å². The molecule has 1 saturated carbocycles. The van der Waals surface area contributed by atoms with Gasteiger partial charge in [-0.1, -0.05) is 13.8 Å². The highest BCUT2D eigenvalue weighted by Crippen LogP contribution is 2.29. The molecular formula is C15H23N3O. The number of carbonyl (C=O) groups excluding carboxylic acids is 1. The predicted molar refractivity (Wildman–Crippen MR) is 78.7 cm³/mol. The molecule has 19 heavy (non-hydrogen) atoms. The number of benzene rings is 1. The number of nitrogens with two attached hydrogens (primary N) is 2. The molecule has 0 aromatic heterocycles. The third-order valence-corrected chi connectivity index (χ3v) is 4.17. The number of hydrogen-bond donors (Lipinski definition) is 3. The van der Waals surface area contributed by atoms with Crippen molar-refractivity contribution in [3.63, 3.8) is 0 Å². The minimum absolute atomic E-state index is 0.0780. The molecule has 1 aliphatic rings. The van der Waals surface area contributed by atoms with Crippen molar-refractivity contribution in [2.75, 3.05) is 11.5 Å². The van der Waals surface area contributed by atoms with Crippen LogP contribution in [-0.2, 0) is 0 Å². The Balaban J connectivity index is 2.01. The van der Waals surface area contributed by atoms with Crippen LogP contribution in [0.4, 0.5) is 11.4 Å². The van der Waals surface area contributed by atoms with E-state index in [-0.39, 0.29) is 11.9 Å². The van der Waals surface area contributed by atoms with Crippen molar-refractivity contribution in [1.82, 2.24) is 5.32 Å². The van der Waals surface area contributed by atoms with Crippen molar-refractivity contribution in [2.45, 2.75) is 39.2 Å². The molecular weight excluding hydrogens is 238 g/mol. The molecule has 3 unspecified atom stereocenters. The highest BCUT2D eigenvalue weighted by molar-refractivity contribution is 5.96. The van der Waals surface area contributed by atoms with Crippen molar-refractivity contribution in [3.8, 4) is 0 Å². The van der Waals surface area contributed by atoms with Gasteiger partial charge in [-0.25, -0.2) is 0 Å². The molecule has 1 aromatic carbocycles. The Morgan fingerprint density at radius 3 is 2.32 bits per heavy atom. The fourth-order valence-electron chi connectivity index (χ4n) is 2.76. The number of nitrogens with one attached hydrogen (secondary N) is 1. The fourth-order valence-corrected chi connectivity index (χ4v) is 2.76. The zero-order chi connectivity index (χ0) is 14.0. The van der Waals surface area contributed by atoms with Crippen molar-refractivity contribution < 1.29 is 4.79 Å². The molecule has 1 amide bonds. The number of amides is 1. The van der Waals surface area contributed by atoms with Crippen LogP contribution in [0.25, 0.3) is 0 Å². The lowest BCUT2D eigenvalue weighted by atomic mass is 9.79. The van der Waals surface area contributed by atoms with E-state index in [1.165, 1.54) is 6.42 Å². The maximum absolute atomic E-state index is 12.2. The molecule has 4 nitrogen and oxygen atoms in total. The van der Waals surface area contributed by atoms with Crippen LogP contribution >= 0.6 is 0 Å². The monoisotopic (exact) mass is 261 g/mol. The smallest absolute Gasteiger partial charge is 0.251 e. The summed E-state index contributed by atoms with van der Waals surface area (Å²) in [5, 5.41) is 3.09. The van der Waals surface area contributed by atoms with Crippen LogP contribution in [0.15, 0.2) is 18.2 Å². The van der Waals surface area contributed by atoms with Crippen molar-refractivity contribution >= 4 is 17.3 Å². The molecule has 0 aliphatic heterocycles. The van der Waals surface area contributed by atoms with Gasteiger partial charge in [-0.15, -0.1) is 0 Å². The summed E-state index contributed by atoms with van der Waals surface area (Å²) in [6.45, 7) is 4.53. The molecule has 1 aliphatic carbocycles. The average molecular weight is 261 g/mol. The topological polar surface area (TPSA) is 81.1 Å². The number of carbonyl (C=O) groups is 1. The standard InChI is InChI=1S/C15H23N3O/c1-9-3-4-14(5-10(9)2)18-15(19)11-6-12(16)8-13(17)7-11/h6-10,14H,3-5,16-17H2,1-2H3,(H,18,19). The molecule has 104 valence electrons. The minimum Gasteiger partial charge on any atom is -0.399 e. The maximum atomic E-state index is 12.2. The quantitative estimate of drug-likeness (QED) is 0.715. The highest BCUT2D eigenvalue weighted by Gasteiger charge is 2.25. The van der Waals surface area contributed by atoms with Crippen LogP contribution < -0.4 is 16.8 Å². The molecule has 1 fully saturated rings. The first-order chi connectivity index (χ1) is 8.95. The molecule has 0 heterocycles. The van der Waals surface area contributed by atoms with Gasteiger partial charge in [0, 0.05) is 23.0 Å². The lowest BCUT2D eigenvalue weighted by molar-refractivity contribution is 0.0910. The Morgan fingerprint density at radius 1 is 1.11 bits per heavy atom. The number of anilines is 2. The van der Waals surface area contributed by atoms with E-state index in [4.69, 9.17) is 11.5 Å². The average Bonchev–Trinajstić information content (AvgIpc) is 2.32. The zero-order valence-corrected chi connectivity index (χ0v) is 11.6. The van der Waals surface area contributed by atoms with Gasteiger partial charge >= 0.3 is 0 Å². The number of hydrogen-bond acceptors (Lipinski definition) is 3. The Labute approximate surface area is 114 Å². The van der Waals surface area contributed by atoms with Crippen molar-refractivity contribution in [3.05, 3.63) is 23.8 Å². The Kier molecular flexibility index (Phi) is 3.98. The summed E-state index contributed by atoms with van der Waals surface area (Å²) < 4.78 is 0. The molecule has 0 saturated heterocycles. The second-order valence-corrected chi connectivity index (χ2v) is 5.83. The van der Waals surface area contributed by atoms with Crippen LogP contribution in [0.1, 0.15) is 43.5 Å². The van der Waals surface area contributed by atoms with Gasteiger partial charge in [0.15, 0.2) is 0 Å². The lowest BCUT2D eigenvalue weighted by Gasteiger charge is -2.32. The Bertz CT molecular complexity index is 452. The highest BCUT2D eigenvalue weighted by atomic mass is 16.1. The number of nitrogen functional groups attached to an aromatic ring is 2. The van der Waals surface area contributed by atoms with Crippen LogP contribution in [0.5, 0.6) is 0 Å². The van der Waals surface area contributed by atoms with Crippen molar-refractivity contribution in [1.29, 1.82) is 0 Å². The van der Waals surface area contributed by atoms with Gasteiger partial charge in [0.05, 0.1) is 0 Å². The number of rotatable bonds is 2. The second kappa shape index (κ2) is 5.51. The van der Waals surface area contributed by atoms with Crippen LogP contribution in [-0.4, -0.2) is 11.9 Å².